The molecule has 5 N–H and O–H groups in total. The number of hydrogen-bond donors (Lipinski definition) is 4. The molecule has 1 saturated heterocycles. The van der Waals surface area contributed by atoms with Gasteiger partial charge >= 0.3 is 19.7 Å². The SMILES string of the molecule is CC(C)OC(=O)C(C)NP(=O)(OCC1OC(C#N)(c2ccc3c(=O)[nH]c(N)nn23)C(C)(O)C1OC(=O)C(C)C)Oc1ccccc1. The van der Waals surface area contributed by atoms with Crippen molar-refractivity contribution in [2.45, 2.75) is 77.1 Å². The smallest absolute Gasteiger partial charge is 0.459 e. The Morgan fingerprint density at radius 3 is 2.48 bits per heavy atom. The van der Waals surface area contributed by atoms with Crippen LogP contribution in [0.25, 0.3) is 5.52 Å². The highest BCUT2D eigenvalue weighted by Crippen LogP contribution is 2.51. The first-order valence-electron chi connectivity index (χ1n) is 14.4. The van der Waals surface area contributed by atoms with Gasteiger partial charge in [-0.2, -0.15) is 10.3 Å². The third kappa shape index (κ3) is 6.79. The minimum Gasteiger partial charge on any atom is -0.462 e. The quantitative estimate of drug-likeness (QED) is 0.161. The number of rotatable bonds is 12. The molecule has 0 amide bonds. The van der Waals surface area contributed by atoms with Crippen LogP contribution in [0.1, 0.15) is 47.2 Å². The Balaban J connectivity index is 1.74. The lowest BCUT2D eigenvalue weighted by Gasteiger charge is -2.34. The summed E-state index contributed by atoms with van der Waals surface area (Å²) < 4.78 is 43.7. The van der Waals surface area contributed by atoms with E-state index < -0.39 is 73.3 Å². The van der Waals surface area contributed by atoms with E-state index in [-0.39, 0.29) is 22.9 Å². The highest BCUT2D eigenvalue weighted by molar-refractivity contribution is 7.52. The number of hydrogen-bond acceptors (Lipinski definition) is 13. The summed E-state index contributed by atoms with van der Waals surface area (Å²) in [6.07, 6.45) is -3.49. The van der Waals surface area contributed by atoms with Crippen molar-refractivity contribution in [1.29, 1.82) is 5.26 Å². The summed E-state index contributed by atoms with van der Waals surface area (Å²) >= 11 is 0. The lowest BCUT2D eigenvalue weighted by molar-refractivity contribution is -0.168. The number of anilines is 1. The van der Waals surface area contributed by atoms with Gasteiger partial charge in [0.15, 0.2) is 6.10 Å². The number of aromatic amines is 1. The largest absolute Gasteiger partial charge is 0.462 e. The van der Waals surface area contributed by atoms with Gasteiger partial charge in [-0.05, 0) is 52.0 Å². The summed E-state index contributed by atoms with van der Waals surface area (Å²) in [6, 6.07) is 11.5. The van der Waals surface area contributed by atoms with E-state index in [1.165, 1.54) is 38.1 Å². The van der Waals surface area contributed by atoms with Gasteiger partial charge in [0, 0.05) is 0 Å². The minimum atomic E-state index is -4.45. The zero-order chi connectivity index (χ0) is 34.0. The van der Waals surface area contributed by atoms with E-state index >= 15 is 0 Å². The number of aromatic nitrogens is 3. The molecule has 3 aromatic rings. The fourth-order valence-corrected chi connectivity index (χ4v) is 6.36. The van der Waals surface area contributed by atoms with Crippen molar-refractivity contribution in [2.24, 2.45) is 5.92 Å². The summed E-state index contributed by atoms with van der Waals surface area (Å²) in [5.74, 6) is -2.27. The number of para-hydroxylation sites is 1. The Morgan fingerprint density at radius 2 is 1.87 bits per heavy atom. The molecule has 6 atom stereocenters. The van der Waals surface area contributed by atoms with Crippen LogP contribution < -0.4 is 20.9 Å². The number of nitrogen functional groups attached to an aromatic ring is 1. The van der Waals surface area contributed by atoms with Gasteiger partial charge in [0.2, 0.25) is 11.5 Å². The Kier molecular flexibility index (Phi) is 9.95. The van der Waals surface area contributed by atoms with Gasteiger partial charge < -0.3 is 29.6 Å². The Labute approximate surface area is 264 Å². The number of carbonyl (C=O) groups is 2. The number of H-pyrrole nitrogens is 1. The number of ether oxygens (including phenoxy) is 3. The maximum absolute atomic E-state index is 14.1. The predicted molar refractivity (Wildman–Crippen MR) is 162 cm³/mol. The van der Waals surface area contributed by atoms with E-state index in [9.17, 15) is 29.3 Å². The van der Waals surface area contributed by atoms with E-state index in [1.807, 2.05) is 6.07 Å². The van der Waals surface area contributed by atoms with Crippen LogP contribution in [0.5, 0.6) is 5.75 Å². The maximum atomic E-state index is 14.1. The van der Waals surface area contributed by atoms with Gasteiger partial charge in [-0.15, -0.1) is 5.10 Å². The van der Waals surface area contributed by atoms with Crippen LogP contribution in [0.2, 0.25) is 0 Å². The number of benzene rings is 1. The first-order chi connectivity index (χ1) is 21.5. The summed E-state index contributed by atoms with van der Waals surface area (Å²) in [5, 5.41) is 29.2. The van der Waals surface area contributed by atoms with E-state index in [0.29, 0.717) is 0 Å². The maximum Gasteiger partial charge on any atom is 0.459 e. The van der Waals surface area contributed by atoms with Crippen LogP contribution in [0.3, 0.4) is 0 Å². The molecule has 2 aromatic heterocycles. The molecule has 17 heteroatoms. The van der Waals surface area contributed by atoms with E-state index in [1.54, 1.807) is 45.9 Å². The van der Waals surface area contributed by atoms with Crippen LogP contribution in [-0.2, 0) is 38.5 Å². The fourth-order valence-electron chi connectivity index (χ4n) is 4.85. The van der Waals surface area contributed by atoms with Crippen molar-refractivity contribution in [3.63, 3.8) is 0 Å². The summed E-state index contributed by atoms with van der Waals surface area (Å²) in [7, 11) is -4.45. The number of nitrogens with zero attached hydrogens (tertiary/aromatic N) is 3. The molecule has 16 nitrogen and oxygen atoms in total. The number of carbonyl (C=O) groups excluding carboxylic acids is 2. The number of esters is 2. The molecule has 3 heterocycles. The van der Waals surface area contributed by atoms with Crippen LogP contribution >= 0.6 is 7.75 Å². The van der Waals surface area contributed by atoms with Crippen LogP contribution in [0.15, 0.2) is 47.3 Å². The fraction of sp³-hybridized carbons (Fsp3) is 0.483. The first kappa shape index (κ1) is 34.6. The molecule has 4 rings (SSSR count). The number of nitriles is 1. The molecule has 1 fully saturated rings. The molecule has 46 heavy (non-hydrogen) atoms. The molecule has 1 aliphatic rings. The van der Waals surface area contributed by atoms with Crippen LogP contribution in [0.4, 0.5) is 5.95 Å². The molecular formula is C29H37N6O10P. The standard InChI is InChI=1S/C29H37N6O10P/c1-16(2)25(37)43-23-21(14-41-46(40,45-19-10-8-7-9-11-19)34-18(5)26(38)42-17(3)4)44-29(15-30,28(23,6)39)22-13-12-20-24(36)32-27(31)33-35(20)22/h7-13,16-18,21,23,39H,14H2,1-6H3,(H,34,40)(H3,31,32,33,36). The molecule has 1 aliphatic heterocycles. The number of nitrogens with one attached hydrogen (secondary N) is 2. The van der Waals surface area contributed by atoms with Crippen molar-refractivity contribution < 1.29 is 42.5 Å². The lowest BCUT2D eigenvalue weighted by atomic mass is 9.80. The Morgan fingerprint density at radius 1 is 1.20 bits per heavy atom. The molecule has 0 aliphatic carbocycles. The molecule has 0 radical (unpaired) electrons. The van der Waals surface area contributed by atoms with Crippen molar-refractivity contribution >= 4 is 31.2 Å². The minimum absolute atomic E-state index is 0.0131. The second-order valence-electron chi connectivity index (χ2n) is 11.5. The topological polar surface area (TPSA) is 230 Å². The van der Waals surface area contributed by atoms with Crippen LogP contribution in [-0.4, -0.2) is 68.2 Å². The highest BCUT2D eigenvalue weighted by Gasteiger charge is 2.67. The molecule has 0 bridgehead atoms. The zero-order valence-electron chi connectivity index (χ0n) is 26.1. The van der Waals surface area contributed by atoms with Crippen LogP contribution in [0, 0.1) is 17.2 Å². The summed E-state index contributed by atoms with van der Waals surface area (Å²) in [4.78, 5) is 40.3. The average Bonchev–Trinajstić information content (AvgIpc) is 3.49. The highest BCUT2D eigenvalue weighted by atomic mass is 31.2. The third-order valence-electron chi connectivity index (χ3n) is 7.14. The average molecular weight is 661 g/mol. The van der Waals surface area contributed by atoms with E-state index in [0.717, 1.165) is 4.52 Å². The van der Waals surface area contributed by atoms with Crippen molar-refractivity contribution in [2.75, 3.05) is 12.3 Å². The van der Waals surface area contributed by atoms with Crippen molar-refractivity contribution in [3.8, 4) is 11.8 Å². The Bertz CT molecular complexity index is 1730. The Hall–Kier alpha value is -4.26. The molecular weight excluding hydrogens is 623 g/mol. The van der Waals surface area contributed by atoms with E-state index in [4.69, 9.17) is 29.0 Å². The first-order valence-corrected chi connectivity index (χ1v) is 15.9. The molecule has 248 valence electrons. The molecule has 1 aromatic carbocycles. The van der Waals surface area contributed by atoms with Gasteiger partial charge in [0.1, 0.15) is 35.1 Å². The monoisotopic (exact) mass is 660 g/mol. The molecule has 6 unspecified atom stereocenters. The third-order valence-corrected chi connectivity index (χ3v) is 8.78. The second-order valence-corrected chi connectivity index (χ2v) is 13.2. The molecule has 0 saturated carbocycles. The number of nitrogens with two attached hydrogens (primary N) is 1. The summed E-state index contributed by atoms with van der Waals surface area (Å²) in [6.45, 7) is 8.37. The van der Waals surface area contributed by atoms with Gasteiger partial charge in [0.25, 0.3) is 5.56 Å². The second kappa shape index (κ2) is 13.2. The number of aliphatic hydroxyl groups is 1. The van der Waals surface area contributed by atoms with Gasteiger partial charge in [-0.3, -0.25) is 23.9 Å². The zero-order valence-corrected chi connectivity index (χ0v) is 27.0. The van der Waals surface area contributed by atoms with Crippen molar-refractivity contribution in [1.82, 2.24) is 19.7 Å². The van der Waals surface area contributed by atoms with E-state index in [2.05, 4.69) is 15.2 Å². The van der Waals surface area contributed by atoms with Gasteiger partial charge in [-0.1, -0.05) is 32.0 Å². The lowest BCUT2D eigenvalue weighted by Crippen LogP contribution is -2.54. The van der Waals surface area contributed by atoms with Gasteiger partial charge in [0.05, 0.1) is 24.3 Å². The van der Waals surface area contributed by atoms with Gasteiger partial charge in [-0.25, -0.2) is 9.08 Å². The summed E-state index contributed by atoms with van der Waals surface area (Å²) in [5.41, 5.74) is 0.385. The predicted octanol–water partition coefficient (Wildman–Crippen LogP) is 2.17. The normalized spacial score (nSPS) is 24.8. The molecule has 0 spiro atoms. The number of fused-ring (bicyclic) bond motifs is 1. The van der Waals surface area contributed by atoms with Crippen molar-refractivity contribution in [3.05, 3.63) is 58.5 Å².